The van der Waals surface area contributed by atoms with Gasteiger partial charge in [0.05, 0.1) is 25.8 Å². The molecule has 0 bridgehead atoms. The van der Waals surface area contributed by atoms with Crippen LogP contribution in [0.15, 0.2) is 29.4 Å². The van der Waals surface area contributed by atoms with Crippen LogP contribution in [0.3, 0.4) is 0 Å². The molecule has 0 N–H and O–H groups in total. The van der Waals surface area contributed by atoms with Gasteiger partial charge in [-0.15, -0.1) is 0 Å². The second-order valence-corrected chi connectivity index (χ2v) is 4.40. The van der Waals surface area contributed by atoms with Gasteiger partial charge in [-0.05, 0) is 31.0 Å². The molecule has 0 saturated heterocycles. The third-order valence-corrected chi connectivity index (χ3v) is 2.60. The van der Waals surface area contributed by atoms with E-state index in [9.17, 15) is 4.79 Å². The Bertz CT molecular complexity index is 446. The molecule has 0 atom stereocenters. The van der Waals surface area contributed by atoms with Crippen molar-refractivity contribution in [3.8, 4) is 5.75 Å². The van der Waals surface area contributed by atoms with Gasteiger partial charge in [-0.25, -0.2) is 0 Å². The quantitative estimate of drug-likeness (QED) is 0.288. The topological polar surface area (TPSA) is 57.1 Å². The molecule has 0 radical (unpaired) electrons. The van der Waals surface area contributed by atoms with Crippen LogP contribution in [-0.4, -0.2) is 32.0 Å². The van der Waals surface area contributed by atoms with Gasteiger partial charge >= 0.3 is 5.97 Å². The van der Waals surface area contributed by atoms with Gasteiger partial charge in [0.2, 0.25) is 0 Å². The van der Waals surface area contributed by atoms with E-state index in [2.05, 4.69) is 12.1 Å². The fraction of sp³-hybridized carbons (Fsp3) is 0.500. The van der Waals surface area contributed by atoms with Crippen molar-refractivity contribution in [2.75, 3.05) is 19.8 Å². The molecule has 5 nitrogen and oxygen atoms in total. The average Bonchev–Trinajstić information content (AvgIpc) is 2.48. The van der Waals surface area contributed by atoms with Crippen molar-refractivity contribution in [1.29, 1.82) is 0 Å². The molecule has 0 heterocycles. The Morgan fingerprint density at radius 2 is 2.14 bits per heavy atom. The lowest BCUT2D eigenvalue weighted by Crippen LogP contribution is -2.06. The van der Waals surface area contributed by atoms with Crippen molar-refractivity contribution in [3.63, 3.8) is 0 Å². The van der Waals surface area contributed by atoms with Gasteiger partial charge < -0.3 is 14.3 Å². The van der Waals surface area contributed by atoms with E-state index in [1.165, 1.54) is 0 Å². The van der Waals surface area contributed by atoms with Gasteiger partial charge in [0.25, 0.3) is 0 Å². The second kappa shape index (κ2) is 10.7. The molecule has 0 unspecified atom stereocenters. The molecule has 0 spiro atoms. The molecule has 0 amide bonds. The van der Waals surface area contributed by atoms with Gasteiger partial charge in [-0.2, -0.15) is 0 Å². The van der Waals surface area contributed by atoms with Gasteiger partial charge in [0.15, 0.2) is 0 Å². The van der Waals surface area contributed by atoms with Crippen molar-refractivity contribution in [1.82, 2.24) is 0 Å². The number of esters is 1. The molecule has 1 aromatic carbocycles. The summed E-state index contributed by atoms with van der Waals surface area (Å²) in [5.41, 5.74) is 0.889. The molecule has 1 aromatic rings. The molecular formula is C16H23NO4. The first-order valence-electron chi connectivity index (χ1n) is 7.30. The highest BCUT2D eigenvalue weighted by molar-refractivity contribution is 5.79. The maximum absolute atomic E-state index is 11.1. The molecule has 1 rings (SSSR count). The van der Waals surface area contributed by atoms with Crippen LogP contribution < -0.4 is 4.74 Å². The minimum Gasteiger partial charge on any atom is -0.494 e. The summed E-state index contributed by atoms with van der Waals surface area (Å²) >= 11 is 0. The summed E-state index contributed by atoms with van der Waals surface area (Å²) < 4.78 is 10.4. The molecule has 0 saturated carbocycles. The standard InChI is InChI=1S/C16H23NO4/c1-3-5-10-20-15-8-6-7-14(12-15)13-17-21-11-9-16(18)19-4-2/h6-8,12-13H,3-5,9-11H2,1-2H3/b17-13+. The number of oxime groups is 1. The van der Waals surface area contributed by atoms with Crippen LogP contribution in [0.1, 0.15) is 38.7 Å². The Hall–Kier alpha value is -2.04. The number of hydrogen-bond donors (Lipinski definition) is 0. The first-order valence-corrected chi connectivity index (χ1v) is 7.30. The van der Waals surface area contributed by atoms with Crippen LogP contribution in [0.5, 0.6) is 5.75 Å². The van der Waals surface area contributed by atoms with Gasteiger partial charge in [-0.3, -0.25) is 4.79 Å². The summed E-state index contributed by atoms with van der Waals surface area (Å²) in [6, 6.07) is 7.62. The normalized spacial score (nSPS) is 10.6. The highest BCUT2D eigenvalue weighted by Gasteiger charge is 2.00. The van der Waals surface area contributed by atoms with E-state index in [0.29, 0.717) is 13.2 Å². The Kier molecular flexibility index (Phi) is 8.68. The zero-order chi connectivity index (χ0) is 15.3. The van der Waals surface area contributed by atoms with E-state index >= 15 is 0 Å². The number of unbranched alkanes of at least 4 members (excludes halogenated alkanes) is 1. The van der Waals surface area contributed by atoms with Crippen molar-refractivity contribution < 1.29 is 19.1 Å². The van der Waals surface area contributed by atoms with Gasteiger partial charge in [0.1, 0.15) is 12.4 Å². The summed E-state index contributed by atoms with van der Waals surface area (Å²) in [5, 5.41) is 3.82. The second-order valence-electron chi connectivity index (χ2n) is 4.40. The minimum absolute atomic E-state index is 0.200. The maximum atomic E-state index is 11.1. The number of ether oxygens (including phenoxy) is 2. The zero-order valence-electron chi connectivity index (χ0n) is 12.7. The van der Waals surface area contributed by atoms with E-state index in [4.69, 9.17) is 14.3 Å². The number of carbonyl (C=O) groups is 1. The Morgan fingerprint density at radius 1 is 1.29 bits per heavy atom. The SMILES string of the molecule is CCCCOc1cccc(/C=N/OCCC(=O)OCC)c1. The molecule has 116 valence electrons. The van der Waals surface area contributed by atoms with Crippen molar-refractivity contribution >= 4 is 12.2 Å². The van der Waals surface area contributed by atoms with Crippen LogP contribution in [-0.2, 0) is 14.4 Å². The predicted octanol–water partition coefficient (Wildman–Crippen LogP) is 3.17. The van der Waals surface area contributed by atoms with Gasteiger partial charge in [-0.1, -0.05) is 30.6 Å². The molecule has 21 heavy (non-hydrogen) atoms. The summed E-state index contributed by atoms with van der Waals surface area (Å²) in [5.74, 6) is 0.540. The molecule has 0 aliphatic heterocycles. The first-order chi connectivity index (χ1) is 10.3. The van der Waals surface area contributed by atoms with E-state index in [0.717, 1.165) is 24.2 Å². The lowest BCUT2D eigenvalue weighted by molar-refractivity contribution is -0.144. The number of carbonyl (C=O) groups excluding carboxylic acids is 1. The van der Waals surface area contributed by atoms with Crippen LogP contribution >= 0.6 is 0 Å². The van der Waals surface area contributed by atoms with Crippen molar-refractivity contribution in [2.45, 2.75) is 33.1 Å². The Balaban J connectivity index is 2.31. The molecular weight excluding hydrogens is 270 g/mol. The smallest absolute Gasteiger partial charge is 0.309 e. The van der Waals surface area contributed by atoms with Crippen LogP contribution in [0, 0.1) is 0 Å². The van der Waals surface area contributed by atoms with E-state index < -0.39 is 0 Å². The van der Waals surface area contributed by atoms with Gasteiger partial charge in [0, 0.05) is 0 Å². The highest BCUT2D eigenvalue weighted by Crippen LogP contribution is 2.12. The largest absolute Gasteiger partial charge is 0.494 e. The predicted molar refractivity (Wildman–Crippen MR) is 81.6 cm³/mol. The summed E-state index contributed by atoms with van der Waals surface area (Å²) in [4.78, 5) is 16.1. The van der Waals surface area contributed by atoms with Crippen molar-refractivity contribution in [2.24, 2.45) is 5.16 Å². The number of benzene rings is 1. The summed E-state index contributed by atoms with van der Waals surface area (Å²) in [6.45, 7) is 5.20. The number of nitrogens with zero attached hydrogens (tertiary/aromatic N) is 1. The average molecular weight is 293 g/mol. The zero-order valence-corrected chi connectivity index (χ0v) is 12.7. The summed E-state index contributed by atoms with van der Waals surface area (Å²) in [7, 11) is 0. The summed E-state index contributed by atoms with van der Waals surface area (Å²) in [6.07, 6.45) is 3.94. The molecule has 0 fully saturated rings. The third-order valence-electron chi connectivity index (χ3n) is 2.60. The van der Waals surface area contributed by atoms with Crippen LogP contribution in [0.2, 0.25) is 0 Å². The number of rotatable bonds is 10. The van der Waals surface area contributed by atoms with E-state index in [1.807, 2.05) is 24.3 Å². The molecule has 0 aromatic heterocycles. The maximum Gasteiger partial charge on any atom is 0.309 e. The van der Waals surface area contributed by atoms with E-state index in [1.54, 1.807) is 13.1 Å². The highest BCUT2D eigenvalue weighted by atomic mass is 16.6. The molecule has 0 aliphatic rings. The Labute approximate surface area is 125 Å². The number of hydrogen-bond acceptors (Lipinski definition) is 5. The van der Waals surface area contributed by atoms with Crippen molar-refractivity contribution in [3.05, 3.63) is 29.8 Å². The fourth-order valence-corrected chi connectivity index (χ4v) is 1.53. The minimum atomic E-state index is -0.279. The molecule has 5 heteroatoms. The van der Waals surface area contributed by atoms with Crippen LogP contribution in [0.4, 0.5) is 0 Å². The van der Waals surface area contributed by atoms with E-state index in [-0.39, 0.29) is 19.0 Å². The lowest BCUT2D eigenvalue weighted by atomic mass is 10.2. The lowest BCUT2D eigenvalue weighted by Gasteiger charge is -2.05. The Morgan fingerprint density at radius 3 is 2.90 bits per heavy atom. The fourth-order valence-electron chi connectivity index (χ4n) is 1.53. The monoisotopic (exact) mass is 293 g/mol. The first kappa shape index (κ1) is 17.0. The third kappa shape index (κ3) is 7.97. The van der Waals surface area contributed by atoms with Crippen LogP contribution in [0.25, 0.3) is 0 Å². The molecule has 0 aliphatic carbocycles.